The first-order valence-electron chi connectivity index (χ1n) is 6.26. The van der Waals surface area contributed by atoms with Gasteiger partial charge in [0, 0.05) is 6.04 Å². The van der Waals surface area contributed by atoms with Crippen molar-refractivity contribution in [1.82, 2.24) is 5.32 Å². The van der Waals surface area contributed by atoms with E-state index in [2.05, 4.69) is 12.2 Å². The van der Waals surface area contributed by atoms with E-state index in [0.29, 0.717) is 6.04 Å². The molecule has 2 unspecified atom stereocenters. The molecule has 0 saturated carbocycles. The number of piperidine rings is 1. The van der Waals surface area contributed by atoms with Crippen LogP contribution in [0.2, 0.25) is 0 Å². The molecular weight excluding hydrogens is 174 g/mol. The fourth-order valence-corrected chi connectivity index (χ4v) is 2.19. The molecule has 0 amide bonds. The van der Waals surface area contributed by atoms with Crippen molar-refractivity contribution in [2.24, 2.45) is 0 Å². The van der Waals surface area contributed by atoms with Crippen LogP contribution in [0.3, 0.4) is 0 Å². The highest BCUT2D eigenvalue weighted by atomic mass is 16.3. The van der Waals surface area contributed by atoms with Crippen LogP contribution < -0.4 is 5.32 Å². The van der Waals surface area contributed by atoms with Crippen LogP contribution in [0.1, 0.15) is 58.3 Å². The molecule has 2 nitrogen and oxygen atoms in total. The van der Waals surface area contributed by atoms with E-state index < -0.39 is 0 Å². The zero-order valence-corrected chi connectivity index (χ0v) is 9.47. The van der Waals surface area contributed by atoms with E-state index >= 15 is 0 Å². The van der Waals surface area contributed by atoms with Gasteiger partial charge in [0.05, 0.1) is 6.10 Å². The highest BCUT2D eigenvalue weighted by molar-refractivity contribution is 4.79. The molecule has 0 spiro atoms. The third-order valence-electron chi connectivity index (χ3n) is 3.17. The Morgan fingerprint density at radius 3 is 2.79 bits per heavy atom. The number of nitrogens with one attached hydrogen (secondary N) is 1. The summed E-state index contributed by atoms with van der Waals surface area (Å²) in [6, 6.07) is 0.380. The van der Waals surface area contributed by atoms with Gasteiger partial charge >= 0.3 is 0 Å². The number of rotatable bonds is 6. The maximum atomic E-state index is 9.91. The third kappa shape index (κ3) is 4.43. The fourth-order valence-electron chi connectivity index (χ4n) is 2.19. The van der Waals surface area contributed by atoms with Crippen molar-refractivity contribution in [2.45, 2.75) is 70.4 Å². The quantitative estimate of drug-likeness (QED) is 0.644. The molecule has 0 radical (unpaired) electrons. The average Bonchev–Trinajstić information content (AvgIpc) is 2.25. The van der Waals surface area contributed by atoms with E-state index in [-0.39, 0.29) is 6.10 Å². The van der Waals surface area contributed by atoms with Crippen LogP contribution in [0.25, 0.3) is 0 Å². The second kappa shape index (κ2) is 7.24. The van der Waals surface area contributed by atoms with Crippen molar-refractivity contribution in [2.75, 3.05) is 6.54 Å². The zero-order valence-electron chi connectivity index (χ0n) is 9.47. The number of aliphatic hydroxyl groups is 1. The minimum atomic E-state index is -0.104. The van der Waals surface area contributed by atoms with Gasteiger partial charge in [-0.3, -0.25) is 0 Å². The summed E-state index contributed by atoms with van der Waals surface area (Å²) < 4.78 is 0. The van der Waals surface area contributed by atoms with Gasteiger partial charge in [0.15, 0.2) is 0 Å². The number of unbranched alkanes of at least 4 members (excludes halogenated alkanes) is 3. The lowest BCUT2D eigenvalue weighted by atomic mass is 9.96. The zero-order chi connectivity index (χ0) is 10.2. The molecule has 84 valence electrons. The predicted molar refractivity (Wildman–Crippen MR) is 60.4 cm³/mol. The number of hydrogen-bond acceptors (Lipinski definition) is 2. The van der Waals surface area contributed by atoms with Crippen LogP contribution in [-0.4, -0.2) is 23.8 Å². The van der Waals surface area contributed by atoms with Crippen LogP contribution in [-0.2, 0) is 0 Å². The standard InChI is InChI=1S/C12H25NO/c1-2-3-4-5-9-12(14)11-8-6-7-10-13-11/h11-14H,2-10H2,1H3. The van der Waals surface area contributed by atoms with Gasteiger partial charge in [-0.15, -0.1) is 0 Å². The van der Waals surface area contributed by atoms with Crippen LogP contribution in [0.5, 0.6) is 0 Å². The topological polar surface area (TPSA) is 32.3 Å². The van der Waals surface area contributed by atoms with Crippen molar-refractivity contribution in [3.05, 3.63) is 0 Å². The molecule has 2 heteroatoms. The normalized spacial score (nSPS) is 24.9. The Morgan fingerprint density at radius 1 is 1.29 bits per heavy atom. The molecule has 2 N–H and O–H groups in total. The van der Waals surface area contributed by atoms with Gasteiger partial charge in [-0.2, -0.15) is 0 Å². The summed E-state index contributed by atoms with van der Waals surface area (Å²) in [5, 5.41) is 13.3. The molecule has 1 rings (SSSR count). The molecule has 0 aromatic carbocycles. The van der Waals surface area contributed by atoms with E-state index in [1.54, 1.807) is 0 Å². The maximum Gasteiger partial charge on any atom is 0.0693 e. The molecule has 0 bridgehead atoms. The largest absolute Gasteiger partial charge is 0.392 e. The Hall–Kier alpha value is -0.0800. The van der Waals surface area contributed by atoms with E-state index in [1.165, 1.54) is 38.5 Å². The maximum absolute atomic E-state index is 9.91. The van der Waals surface area contributed by atoms with Gasteiger partial charge in [0.1, 0.15) is 0 Å². The molecule has 1 fully saturated rings. The molecule has 0 aliphatic carbocycles. The summed E-state index contributed by atoms with van der Waals surface area (Å²) in [6.07, 6.45) is 9.65. The summed E-state index contributed by atoms with van der Waals surface area (Å²) in [5.41, 5.74) is 0. The summed E-state index contributed by atoms with van der Waals surface area (Å²) in [6.45, 7) is 3.32. The second-order valence-corrected chi connectivity index (χ2v) is 4.47. The molecule has 1 aliphatic heterocycles. The van der Waals surface area contributed by atoms with E-state index in [0.717, 1.165) is 19.4 Å². The van der Waals surface area contributed by atoms with Crippen LogP contribution >= 0.6 is 0 Å². The van der Waals surface area contributed by atoms with Gasteiger partial charge in [0.25, 0.3) is 0 Å². The van der Waals surface area contributed by atoms with Crippen LogP contribution in [0.15, 0.2) is 0 Å². The van der Waals surface area contributed by atoms with Crippen molar-refractivity contribution in [3.63, 3.8) is 0 Å². The first-order chi connectivity index (χ1) is 6.84. The van der Waals surface area contributed by atoms with Crippen molar-refractivity contribution >= 4 is 0 Å². The lowest BCUT2D eigenvalue weighted by molar-refractivity contribution is 0.102. The summed E-state index contributed by atoms with van der Waals surface area (Å²) in [7, 11) is 0. The van der Waals surface area contributed by atoms with E-state index in [1.807, 2.05) is 0 Å². The Labute approximate surface area is 88.1 Å². The monoisotopic (exact) mass is 199 g/mol. The van der Waals surface area contributed by atoms with Gasteiger partial charge in [-0.05, 0) is 25.8 Å². The smallest absolute Gasteiger partial charge is 0.0693 e. The van der Waals surface area contributed by atoms with Crippen molar-refractivity contribution < 1.29 is 5.11 Å². The molecular formula is C12H25NO. The van der Waals surface area contributed by atoms with E-state index in [4.69, 9.17) is 0 Å². The van der Waals surface area contributed by atoms with Gasteiger partial charge in [0.2, 0.25) is 0 Å². The summed E-state index contributed by atoms with van der Waals surface area (Å²) in [4.78, 5) is 0. The Bertz CT molecular complexity index is 132. The lowest BCUT2D eigenvalue weighted by Crippen LogP contribution is -2.43. The van der Waals surface area contributed by atoms with Crippen molar-refractivity contribution in [3.8, 4) is 0 Å². The highest BCUT2D eigenvalue weighted by Gasteiger charge is 2.20. The molecule has 2 atom stereocenters. The minimum absolute atomic E-state index is 0.104. The summed E-state index contributed by atoms with van der Waals surface area (Å²) in [5.74, 6) is 0. The predicted octanol–water partition coefficient (Wildman–Crippen LogP) is 2.46. The van der Waals surface area contributed by atoms with Gasteiger partial charge < -0.3 is 10.4 Å². The van der Waals surface area contributed by atoms with Crippen LogP contribution in [0.4, 0.5) is 0 Å². The Kier molecular flexibility index (Phi) is 6.20. The highest BCUT2D eigenvalue weighted by Crippen LogP contribution is 2.15. The van der Waals surface area contributed by atoms with Gasteiger partial charge in [-0.25, -0.2) is 0 Å². The Balaban J connectivity index is 2.04. The molecule has 1 saturated heterocycles. The second-order valence-electron chi connectivity index (χ2n) is 4.47. The Morgan fingerprint density at radius 2 is 2.14 bits per heavy atom. The van der Waals surface area contributed by atoms with Gasteiger partial charge in [-0.1, -0.05) is 39.0 Å². The fraction of sp³-hybridized carbons (Fsp3) is 1.00. The van der Waals surface area contributed by atoms with E-state index in [9.17, 15) is 5.11 Å². The molecule has 0 aromatic heterocycles. The first-order valence-corrected chi connectivity index (χ1v) is 6.26. The average molecular weight is 199 g/mol. The molecule has 0 aromatic rings. The molecule has 1 heterocycles. The third-order valence-corrected chi connectivity index (χ3v) is 3.17. The lowest BCUT2D eigenvalue weighted by Gasteiger charge is -2.28. The first kappa shape index (κ1) is 12.0. The SMILES string of the molecule is CCCCCCC(O)C1CCCCN1. The molecule has 1 aliphatic rings. The number of hydrogen-bond donors (Lipinski definition) is 2. The minimum Gasteiger partial charge on any atom is -0.392 e. The summed E-state index contributed by atoms with van der Waals surface area (Å²) >= 11 is 0. The van der Waals surface area contributed by atoms with Crippen LogP contribution in [0, 0.1) is 0 Å². The molecule has 14 heavy (non-hydrogen) atoms. The van der Waals surface area contributed by atoms with Crippen molar-refractivity contribution in [1.29, 1.82) is 0 Å². The number of aliphatic hydroxyl groups excluding tert-OH is 1.